The van der Waals surface area contributed by atoms with Crippen molar-refractivity contribution in [2.75, 3.05) is 27.4 Å². The molecule has 118 valence electrons. The topological polar surface area (TPSA) is 56.8 Å². The number of rotatable bonds is 9. The van der Waals surface area contributed by atoms with Gasteiger partial charge in [-0.25, -0.2) is 0 Å². The number of carbonyl (C=O) groups is 1. The molecule has 0 aliphatic heterocycles. The van der Waals surface area contributed by atoms with Gasteiger partial charge in [-0.2, -0.15) is 0 Å². The lowest BCUT2D eigenvalue weighted by molar-refractivity contribution is -0.143. The van der Waals surface area contributed by atoms with E-state index in [2.05, 4.69) is 5.32 Å². The van der Waals surface area contributed by atoms with Gasteiger partial charge in [0.25, 0.3) is 0 Å². The molecule has 1 rings (SSSR count). The minimum Gasteiger partial charge on any atom is -0.497 e. The molecule has 1 atom stereocenters. The predicted molar refractivity (Wildman–Crippen MR) is 82.0 cm³/mol. The Balaban J connectivity index is 2.80. The molecule has 0 heterocycles. The van der Waals surface area contributed by atoms with E-state index >= 15 is 0 Å². The second-order valence-corrected chi connectivity index (χ2v) is 4.65. The number of likely N-dealkylation sites (N-methyl/N-ethyl adjacent to an activating group) is 1. The first-order valence-electron chi connectivity index (χ1n) is 7.24. The molecule has 1 N–H and O–H groups in total. The second-order valence-electron chi connectivity index (χ2n) is 4.65. The van der Waals surface area contributed by atoms with Crippen LogP contribution in [0.1, 0.15) is 25.8 Å². The number of benzene rings is 1. The molecular formula is C16H25NO4. The Morgan fingerprint density at radius 3 is 2.57 bits per heavy atom. The molecule has 0 spiro atoms. The average molecular weight is 295 g/mol. The van der Waals surface area contributed by atoms with Gasteiger partial charge in [0.1, 0.15) is 11.5 Å². The standard InChI is InChI=1S/C16H25NO4/c1-5-17-13(10-16(18)21-6-2)9-12-7-8-14(19-3)11-15(12)20-4/h7-8,11,13,17H,5-6,9-10H2,1-4H3. The summed E-state index contributed by atoms with van der Waals surface area (Å²) in [7, 11) is 3.25. The molecule has 5 heteroatoms. The molecule has 21 heavy (non-hydrogen) atoms. The molecule has 1 unspecified atom stereocenters. The zero-order valence-corrected chi connectivity index (χ0v) is 13.3. The van der Waals surface area contributed by atoms with Crippen LogP contribution in [0.3, 0.4) is 0 Å². The maximum Gasteiger partial charge on any atom is 0.307 e. The molecule has 0 aromatic heterocycles. The highest BCUT2D eigenvalue weighted by molar-refractivity contribution is 5.70. The van der Waals surface area contributed by atoms with Gasteiger partial charge in [-0.1, -0.05) is 13.0 Å². The molecule has 5 nitrogen and oxygen atoms in total. The van der Waals surface area contributed by atoms with Gasteiger partial charge in [0, 0.05) is 12.1 Å². The Hall–Kier alpha value is -1.75. The lowest BCUT2D eigenvalue weighted by atomic mass is 10.0. The molecule has 0 amide bonds. The van der Waals surface area contributed by atoms with Crippen LogP contribution in [-0.2, 0) is 16.0 Å². The lowest BCUT2D eigenvalue weighted by Gasteiger charge is -2.19. The Kier molecular flexibility index (Phi) is 7.61. The van der Waals surface area contributed by atoms with Gasteiger partial charge in [0.15, 0.2) is 0 Å². The Labute approximate surface area is 126 Å². The van der Waals surface area contributed by atoms with Crippen molar-refractivity contribution >= 4 is 5.97 Å². The molecule has 1 aromatic carbocycles. The van der Waals surface area contributed by atoms with Crippen LogP contribution >= 0.6 is 0 Å². The normalized spacial score (nSPS) is 11.8. The van der Waals surface area contributed by atoms with Crippen LogP contribution in [0.5, 0.6) is 11.5 Å². The first-order chi connectivity index (χ1) is 10.1. The Morgan fingerprint density at radius 2 is 2.00 bits per heavy atom. The highest BCUT2D eigenvalue weighted by atomic mass is 16.5. The lowest BCUT2D eigenvalue weighted by Crippen LogP contribution is -2.33. The van der Waals surface area contributed by atoms with Gasteiger partial charge in [-0.15, -0.1) is 0 Å². The van der Waals surface area contributed by atoms with E-state index < -0.39 is 0 Å². The zero-order valence-electron chi connectivity index (χ0n) is 13.3. The van der Waals surface area contributed by atoms with E-state index in [9.17, 15) is 4.79 Å². The number of carbonyl (C=O) groups excluding carboxylic acids is 1. The number of hydrogen-bond acceptors (Lipinski definition) is 5. The molecule has 0 bridgehead atoms. The third-order valence-corrected chi connectivity index (χ3v) is 3.17. The van der Waals surface area contributed by atoms with Crippen molar-refractivity contribution < 1.29 is 19.0 Å². The van der Waals surface area contributed by atoms with Gasteiger partial charge in [-0.05, 0) is 31.5 Å². The Bertz CT molecular complexity index is 448. The third-order valence-electron chi connectivity index (χ3n) is 3.17. The van der Waals surface area contributed by atoms with Crippen molar-refractivity contribution in [1.29, 1.82) is 0 Å². The van der Waals surface area contributed by atoms with Crippen molar-refractivity contribution in [2.45, 2.75) is 32.7 Å². The van der Waals surface area contributed by atoms with Crippen LogP contribution in [-0.4, -0.2) is 39.4 Å². The fraction of sp³-hybridized carbons (Fsp3) is 0.562. The Morgan fingerprint density at radius 1 is 1.24 bits per heavy atom. The van der Waals surface area contributed by atoms with E-state index in [1.807, 2.05) is 32.0 Å². The number of methoxy groups -OCH3 is 2. The molecule has 0 fully saturated rings. The van der Waals surface area contributed by atoms with E-state index in [0.717, 1.165) is 23.6 Å². The number of esters is 1. The third kappa shape index (κ3) is 5.63. The molecule has 0 aliphatic rings. The SMILES string of the molecule is CCNC(CC(=O)OCC)Cc1ccc(OC)cc1OC. The van der Waals surface area contributed by atoms with Crippen LogP contribution in [0.25, 0.3) is 0 Å². The monoisotopic (exact) mass is 295 g/mol. The van der Waals surface area contributed by atoms with Crippen LogP contribution in [0.15, 0.2) is 18.2 Å². The van der Waals surface area contributed by atoms with Crippen LogP contribution in [0.4, 0.5) is 0 Å². The number of hydrogen-bond donors (Lipinski definition) is 1. The maximum absolute atomic E-state index is 11.7. The summed E-state index contributed by atoms with van der Waals surface area (Å²) in [5.74, 6) is 1.33. The van der Waals surface area contributed by atoms with Crippen LogP contribution in [0, 0.1) is 0 Å². The largest absolute Gasteiger partial charge is 0.497 e. The first kappa shape index (κ1) is 17.3. The fourth-order valence-corrected chi connectivity index (χ4v) is 2.21. The average Bonchev–Trinajstić information content (AvgIpc) is 2.48. The summed E-state index contributed by atoms with van der Waals surface area (Å²) in [6, 6.07) is 5.73. The van der Waals surface area contributed by atoms with Crippen molar-refractivity contribution in [3.63, 3.8) is 0 Å². The summed E-state index contributed by atoms with van der Waals surface area (Å²) < 4.78 is 15.6. The van der Waals surface area contributed by atoms with Crippen molar-refractivity contribution in [2.24, 2.45) is 0 Å². The van der Waals surface area contributed by atoms with E-state index in [0.29, 0.717) is 19.4 Å². The fourth-order valence-electron chi connectivity index (χ4n) is 2.21. The molecule has 0 saturated carbocycles. The summed E-state index contributed by atoms with van der Waals surface area (Å²) in [4.78, 5) is 11.7. The quantitative estimate of drug-likeness (QED) is 0.708. The molecule has 0 radical (unpaired) electrons. The number of ether oxygens (including phenoxy) is 3. The van der Waals surface area contributed by atoms with Crippen molar-refractivity contribution in [1.82, 2.24) is 5.32 Å². The van der Waals surface area contributed by atoms with Gasteiger partial charge in [0.05, 0.1) is 27.2 Å². The van der Waals surface area contributed by atoms with E-state index in [1.165, 1.54) is 0 Å². The molecule has 0 aliphatic carbocycles. The van der Waals surface area contributed by atoms with Crippen LogP contribution in [0.2, 0.25) is 0 Å². The van der Waals surface area contributed by atoms with E-state index in [4.69, 9.17) is 14.2 Å². The smallest absolute Gasteiger partial charge is 0.307 e. The van der Waals surface area contributed by atoms with Crippen molar-refractivity contribution in [3.8, 4) is 11.5 Å². The number of nitrogens with one attached hydrogen (secondary N) is 1. The predicted octanol–water partition coefficient (Wildman–Crippen LogP) is 2.18. The summed E-state index contributed by atoms with van der Waals surface area (Å²) >= 11 is 0. The summed E-state index contributed by atoms with van der Waals surface area (Å²) in [6.07, 6.45) is 1.04. The van der Waals surface area contributed by atoms with Gasteiger partial charge >= 0.3 is 5.97 Å². The minimum atomic E-state index is -0.184. The van der Waals surface area contributed by atoms with Gasteiger partial charge < -0.3 is 19.5 Å². The van der Waals surface area contributed by atoms with Gasteiger partial charge in [-0.3, -0.25) is 4.79 Å². The van der Waals surface area contributed by atoms with E-state index in [-0.39, 0.29) is 12.0 Å². The second kappa shape index (κ2) is 9.23. The summed E-state index contributed by atoms with van der Waals surface area (Å²) in [5, 5.41) is 3.31. The summed E-state index contributed by atoms with van der Waals surface area (Å²) in [5.41, 5.74) is 1.04. The highest BCUT2D eigenvalue weighted by Crippen LogP contribution is 2.26. The first-order valence-corrected chi connectivity index (χ1v) is 7.24. The molecular weight excluding hydrogens is 270 g/mol. The van der Waals surface area contributed by atoms with E-state index in [1.54, 1.807) is 14.2 Å². The highest BCUT2D eigenvalue weighted by Gasteiger charge is 2.17. The summed E-state index contributed by atoms with van der Waals surface area (Å²) in [6.45, 7) is 5.03. The molecule has 1 aromatic rings. The maximum atomic E-state index is 11.7. The molecule has 0 saturated heterocycles. The zero-order chi connectivity index (χ0) is 15.7. The van der Waals surface area contributed by atoms with Crippen LogP contribution < -0.4 is 14.8 Å². The van der Waals surface area contributed by atoms with Gasteiger partial charge in [0.2, 0.25) is 0 Å². The minimum absolute atomic E-state index is 0.0244. The van der Waals surface area contributed by atoms with Crippen molar-refractivity contribution in [3.05, 3.63) is 23.8 Å².